The van der Waals surface area contributed by atoms with E-state index in [1.54, 1.807) is 20.3 Å². The molecule has 1 aromatic heterocycles. The van der Waals surface area contributed by atoms with Gasteiger partial charge in [-0.25, -0.2) is 0 Å². The summed E-state index contributed by atoms with van der Waals surface area (Å²) in [6.07, 6.45) is 2.89. The summed E-state index contributed by atoms with van der Waals surface area (Å²) in [7, 11) is 3.19. The minimum Gasteiger partial charge on any atom is -0.497 e. The van der Waals surface area contributed by atoms with E-state index in [1.165, 1.54) is 0 Å². The largest absolute Gasteiger partial charge is 0.497 e. The number of hydrogen-bond donors (Lipinski definition) is 1. The van der Waals surface area contributed by atoms with Gasteiger partial charge in [-0.1, -0.05) is 5.16 Å². The monoisotopic (exact) mass is 275 g/mol. The normalized spacial score (nSPS) is 16.6. The van der Waals surface area contributed by atoms with Gasteiger partial charge in [0.2, 0.25) is 0 Å². The summed E-state index contributed by atoms with van der Waals surface area (Å²) in [4.78, 5) is 4.41. The lowest BCUT2D eigenvalue weighted by Crippen LogP contribution is -2.44. The van der Waals surface area contributed by atoms with Gasteiger partial charge in [-0.3, -0.25) is 0 Å². The van der Waals surface area contributed by atoms with E-state index in [9.17, 15) is 0 Å². The number of rotatable bonds is 4. The molecule has 20 heavy (non-hydrogen) atoms. The minimum absolute atomic E-state index is 0.413. The van der Waals surface area contributed by atoms with Gasteiger partial charge in [-0.2, -0.15) is 4.98 Å². The summed E-state index contributed by atoms with van der Waals surface area (Å²) in [5.74, 6) is 2.31. The lowest BCUT2D eigenvalue weighted by atomic mass is 9.77. The first-order valence-electron chi connectivity index (χ1n) is 6.52. The van der Waals surface area contributed by atoms with Gasteiger partial charge in [-0.05, 0) is 31.4 Å². The highest BCUT2D eigenvalue weighted by atomic mass is 16.5. The molecule has 2 N–H and O–H groups in total. The topological polar surface area (TPSA) is 83.4 Å². The first-order valence-corrected chi connectivity index (χ1v) is 6.52. The fourth-order valence-electron chi connectivity index (χ4n) is 2.29. The van der Waals surface area contributed by atoms with Crippen LogP contribution in [0, 0.1) is 0 Å². The van der Waals surface area contributed by atoms with Crippen molar-refractivity contribution in [1.82, 2.24) is 10.1 Å². The maximum absolute atomic E-state index is 6.20. The van der Waals surface area contributed by atoms with Crippen LogP contribution in [0.3, 0.4) is 0 Å². The lowest BCUT2D eigenvalue weighted by Gasteiger charge is -2.34. The zero-order valence-electron chi connectivity index (χ0n) is 11.5. The fraction of sp³-hybridized carbons (Fsp3) is 0.429. The van der Waals surface area contributed by atoms with Crippen molar-refractivity contribution < 1.29 is 14.0 Å². The second-order valence-corrected chi connectivity index (χ2v) is 5.00. The maximum Gasteiger partial charge on any atom is 0.261 e. The highest BCUT2D eigenvalue weighted by Crippen LogP contribution is 2.39. The average molecular weight is 275 g/mol. The van der Waals surface area contributed by atoms with Gasteiger partial charge in [0.25, 0.3) is 5.89 Å². The molecule has 1 saturated carbocycles. The molecule has 1 aromatic carbocycles. The zero-order chi connectivity index (χ0) is 14.2. The lowest BCUT2D eigenvalue weighted by molar-refractivity contribution is 0.229. The highest BCUT2D eigenvalue weighted by Gasteiger charge is 2.39. The van der Waals surface area contributed by atoms with E-state index < -0.39 is 5.54 Å². The molecule has 0 unspecified atom stereocenters. The van der Waals surface area contributed by atoms with Crippen molar-refractivity contribution in [3.8, 4) is 23.0 Å². The van der Waals surface area contributed by atoms with Crippen LogP contribution in [0.4, 0.5) is 0 Å². The number of methoxy groups -OCH3 is 2. The van der Waals surface area contributed by atoms with Crippen LogP contribution in [0.25, 0.3) is 11.5 Å². The third-order valence-corrected chi connectivity index (χ3v) is 3.76. The molecule has 6 heteroatoms. The number of aromatic nitrogens is 2. The molecule has 106 valence electrons. The maximum atomic E-state index is 6.20. The summed E-state index contributed by atoms with van der Waals surface area (Å²) in [6, 6.07) is 5.43. The number of nitrogens with two attached hydrogens (primary N) is 1. The Morgan fingerprint density at radius 2 is 2.05 bits per heavy atom. The molecular weight excluding hydrogens is 258 g/mol. The Bertz CT molecular complexity index is 620. The summed E-state index contributed by atoms with van der Waals surface area (Å²) < 4.78 is 15.8. The molecular formula is C14H17N3O3. The quantitative estimate of drug-likeness (QED) is 0.919. The second kappa shape index (κ2) is 4.79. The van der Waals surface area contributed by atoms with Crippen LogP contribution in [-0.4, -0.2) is 24.4 Å². The third kappa shape index (κ3) is 2.02. The molecule has 1 heterocycles. The van der Waals surface area contributed by atoms with Crippen LogP contribution in [0.2, 0.25) is 0 Å². The predicted octanol–water partition coefficient (Wildman–Crippen LogP) is 2.09. The molecule has 1 fully saturated rings. The van der Waals surface area contributed by atoms with Crippen LogP contribution in [0.1, 0.15) is 25.1 Å². The van der Waals surface area contributed by atoms with Gasteiger partial charge in [0.1, 0.15) is 11.5 Å². The Labute approximate surface area is 116 Å². The van der Waals surface area contributed by atoms with Gasteiger partial charge < -0.3 is 19.7 Å². The second-order valence-electron chi connectivity index (χ2n) is 5.00. The van der Waals surface area contributed by atoms with Crippen LogP contribution in [0.15, 0.2) is 22.7 Å². The van der Waals surface area contributed by atoms with Crippen molar-refractivity contribution in [3.05, 3.63) is 24.0 Å². The van der Waals surface area contributed by atoms with Gasteiger partial charge in [0.05, 0.1) is 25.3 Å². The smallest absolute Gasteiger partial charge is 0.261 e. The molecule has 1 aliphatic carbocycles. The van der Waals surface area contributed by atoms with Gasteiger partial charge in [0.15, 0.2) is 5.82 Å². The van der Waals surface area contributed by atoms with E-state index >= 15 is 0 Å². The van der Waals surface area contributed by atoms with Crippen LogP contribution < -0.4 is 15.2 Å². The van der Waals surface area contributed by atoms with Crippen LogP contribution in [-0.2, 0) is 5.54 Å². The molecule has 0 bridgehead atoms. The number of nitrogens with zero attached hydrogens (tertiary/aromatic N) is 2. The highest BCUT2D eigenvalue weighted by molar-refractivity contribution is 5.64. The van der Waals surface area contributed by atoms with Crippen LogP contribution in [0.5, 0.6) is 11.5 Å². The third-order valence-electron chi connectivity index (χ3n) is 3.76. The zero-order valence-corrected chi connectivity index (χ0v) is 11.5. The van der Waals surface area contributed by atoms with Crippen molar-refractivity contribution in [2.75, 3.05) is 14.2 Å². The predicted molar refractivity (Wildman–Crippen MR) is 72.6 cm³/mol. The number of benzene rings is 1. The van der Waals surface area contributed by atoms with Crippen molar-refractivity contribution in [1.29, 1.82) is 0 Å². The average Bonchev–Trinajstić information content (AvgIpc) is 2.93. The van der Waals surface area contributed by atoms with E-state index in [2.05, 4.69) is 10.1 Å². The Morgan fingerprint density at radius 3 is 2.65 bits per heavy atom. The van der Waals surface area contributed by atoms with Gasteiger partial charge in [0, 0.05) is 6.07 Å². The summed E-state index contributed by atoms with van der Waals surface area (Å²) in [6.45, 7) is 0. The molecule has 6 nitrogen and oxygen atoms in total. The van der Waals surface area contributed by atoms with Gasteiger partial charge >= 0.3 is 0 Å². The van der Waals surface area contributed by atoms with Crippen LogP contribution >= 0.6 is 0 Å². The van der Waals surface area contributed by atoms with E-state index in [4.69, 9.17) is 19.7 Å². The van der Waals surface area contributed by atoms with E-state index in [0.29, 0.717) is 23.2 Å². The Balaban J connectivity index is 1.97. The molecule has 0 spiro atoms. The minimum atomic E-state index is -0.429. The van der Waals surface area contributed by atoms with E-state index in [-0.39, 0.29) is 0 Å². The SMILES string of the molecule is COc1ccc(-c2nc(C3(N)CCC3)no2)c(OC)c1. The summed E-state index contributed by atoms with van der Waals surface area (Å²) in [5, 5.41) is 4.01. The fourth-order valence-corrected chi connectivity index (χ4v) is 2.29. The molecule has 1 aliphatic rings. The standard InChI is InChI=1S/C14H17N3O3/c1-18-9-4-5-10(11(8-9)19-2)12-16-13(17-20-12)14(15)6-3-7-14/h4-5,8H,3,6-7,15H2,1-2H3. The van der Waals surface area contributed by atoms with Crippen molar-refractivity contribution in [2.45, 2.75) is 24.8 Å². The summed E-state index contributed by atoms with van der Waals surface area (Å²) >= 11 is 0. The van der Waals surface area contributed by atoms with Crippen molar-refractivity contribution >= 4 is 0 Å². The number of hydrogen-bond acceptors (Lipinski definition) is 6. The van der Waals surface area contributed by atoms with Gasteiger partial charge in [-0.15, -0.1) is 0 Å². The first kappa shape index (κ1) is 12.9. The Morgan fingerprint density at radius 1 is 1.25 bits per heavy atom. The molecule has 0 saturated heterocycles. The molecule has 2 aromatic rings. The van der Waals surface area contributed by atoms with Crippen molar-refractivity contribution in [3.63, 3.8) is 0 Å². The van der Waals surface area contributed by atoms with Crippen molar-refractivity contribution in [2.24, 2.45) is 5.73 Å². The number of ether oxygens (including phenoxy) is 2. The van der Waals surface area contributed by atoms with E-state index in [0.717, 1.165) is 24.8 Å². The summed E-state index contributed by atoms with van der Waals surface area (Å²) in [5.41, 5.74) is 6.50. The van der Waals surface area contributed by atoms with E-state index in [1.807, 2.05) is 12.1 Å². The molecule has 3 rings (SSSR count). The molecule has 0 atom stereocenters. The molecule has 0 radical (unpaired) electrons. The molecule has 0 amide bonds. The Kier molecular flexibility index (Phi) is 3.10. The Hall–Kier alpha value is -2.08. The first-order chi connectivity index (χ1) is 9.66. The molecule has 0 aliphatic heterocycles.